The number of aromatic nitrogens is 2. The van der Waals surface area contributed by atoms with E-state index in [4.69, 9.17) is 23.2 Å². The van der Waals surface area contributed by atoms with Crippen LogP contribution in [0.4, 0.5) is 5.95 Å². The first-order valence-electron chi connectivity index (χ1n) is 9.94. The van der Waals surface area contributed by atoms with Crippen molar-refractivity contribution in [2.24, 2.45) is 0 Å². The number of rotatable bonds is 4. The lowest BCUT2D eigenvalue weighted by molar-refractivity contribution is 0.0733. The molecule has 1 aromatic heterocycles. The number of nitrogens with one attached hydrogen (secondary N) is 1. The molecule has 2 amide bonds. The first-order valence-corrected chi connectivity index (χ1v) is 10.7. The number of carbonyl (C=O) groups is 2. The minimum atomic E-state index is -0.255. The summed E-state index contributed by atoms with van der Waals surface area (Å²) >= 11 is 12.0. The molecule has 2 aromatic carbocycles. The van der Waals surface area contributed by atoms with Gasteiger partial charge in [0.2, 0.25) is 5.95 Å². The average Bonchev–Trinajstić information content (AvgIpc) is 2.80. The van der Waals surface area contributed by atoms with Crippen LogP contribution in [0.2, 0.25) is 10.0 Å². The molecule has 4 rings (SSSR count). The topological polar surface area (TPSA) is 75.2 Å². The number of nitrogens with zero attached hydrogens (tertiary/aromatic N) is 3. The zero-order valence-electron chi connectivity index (χ0n) is 16.9. The van der Waals surface area contributed by atoms with Crippen LogP contribution in [0, 0.1) is 0 Å². The van der Waals surface area contributed by atoms with Crippen molar-refractivity contribution in [3.63, 3.8) is 0 Å². The molecule has 6 nitrogen and oxygen atoms in total. The summed E-state index contributed by atoms with van der Waals surface area (Å²) in [5, 5.41) is 3.50. The Morgan fingerprint density at radius 3 is 2.52 bits per heavy atom. The van der Waals surface area contributed by atoms with E-state index in [1.54, 1.807) is 41.4 Å². The van der Waals surface area contributed by atoms with Crippen molar-refractivity contribution >= 4 is 41.0 Å². The largest absolute Gasteiger partial charge is 0.334 e. The highest BCUT2D eigenvalue weighted by Gasteiger charge is 2.24. The summed E-state index contributed by atoms with van der Waals surface area (Å²) < 4.78 is 0. The molecular formula is C23H20Cl2N4O2. The van der Waals surface area contributed by atoms with E-state index in [-0.39, 0.29) is 17.8 Å². The number of anilines is 1. The number of fused-ring (bicyclic) bond motifs is 1. The zero-order chi connectivity index (χ0) is 22.0. The van der Waals surface area contributed by atoms with Crippen LogP contribution in [0.25, 0.3) is 0 Å². The fourth-order valence-electron chi connectivity index (χ4n) is 3.43. The summed E-state index contributed by atoms with van der Waals surface area (Å²) in [5.41, 5.74) is 3.88. The maximum Gasteiger partial charge on any atom is 0.258 e. The molecule has 3 aromatic rings. The van der Waals surface area contributed by atoms with Gasteiger partial charge in [-0.15, -0.1) is 0 Å². The fraction of sp³-hybridized carbons (Fsp3) is 0.217. The van der Waals surface area contributed by atoms with Crippen molar-refractivity contribution in [3.8, 4) is 0 Å². The maximum absolute atomic E-state index is 12.8. The average molecular weight is 455 g/mol. The van der Waals surface area contributed by atoms with E-state index in [1.807, 2.05) is 12.1 Å². The molecule has 2 heterocycles. The van der Waals surface area contributed by atoms with Crippen LogP contribution >= 0.6 is 23.2 Å². The summed E-state index contributed by atoms with van der Waals surface area (Å²) in [6.45, 7) is 2.96. The van der Waals surface area contributed by atoms with Crippen LogP contribution in [0.3, 0.4) is 0 Å². The predicted molar refractivity (Wildman–Crippen MR) is 121 cm³/mol. The smallest absolute Gasteiger partial charge is 0.258 e. The minimum Gasteiger partial charge on any atom is -0.334 e. The van der Waals surface area contributed by atoms with Gasteiger partial charge < -0.3 is 4.90 Å². The van der Waals surface area contributed by atoms with Gasteiger partial charge in [-0.05, 0) is 42.3 Å². The highest BCUT2D eigenvalue weighted by Crippen LogP contribution is 2.25. The van der Waals surface area contributed by atoms with Gasteiger partial charge in [-0.25, -0.2) is 9.97 Å². The molecule has 158 valence electrons. The van der Waals surface area contributed by atoms with Crippen LogP contribution < -0.4 is 5.32 Å². The van der Waals surface area contributed by atoms with Gasteiger partial charge in [-0.2, -0.15) is 0 Å². The standard InChI is InChI=1S/C23H20Cl2N4O2/c1-2-14-3-5-15(6-4-14)21(30)28-23-26-12-17-13-29(10-9-20(17)27-23)22(31)16-7-8-18(24)19(25)11-16/h3-8,11-12H,2,9-10,13H2,1H3,(H,26,27,28,30). The van der Waals surface area contributed by atoms with Crippen LogP contribution in [0.15, 0.2) is 48.7 Å². The van der Waals surface area contributed by atoms with Crippen LogP contribution in [-0.4, -0.2) is 33.2 Å². The summed E-state index contributed by atoms with van der Waals surface area (Å²) in [7, 11) is 0. The van der Waals surface area contributed by atoms with E-state index in [0.717, 1.165) is 17.7 Å². The highest BCUT2D eigenvalue weighted by molar-refractivity contribution is 6.42. The summed E-state index contributed by atoms with van der Waals surface area (Å²) in [6.07, 6.45) is 3.14. The van der Waals surface area contributed by atoms with Gasteiger partial charge in [0, 0.05) is 42.4 Å². The molecule has 0 fully saturated rings. The van der Waals surface area contributed by atoms with E-state index in [0.29, 0.717) is 40.7 Å². The summed E-state index contributed by atoms with van der Waals surface area (Å²) in [4.78, 5) is 35.8. The highest BCUT2D eigenvalue weighted by atomic mass is 35.5. The lowest BCUT2D eigenvalue weighted by Gasteiger charge is -2.28. The molecule has 8 heteroatoms. The van der Waals surface area contributed by atoms with Gasteiger partial charge >= 0.3 is 0 Å². The van der Waals surface area contributed by atoms with Crippen molar-refractivity contribution < 1.29 is 9.59 Å². The number of aryl methyl sites for hydroxylation is 1. The molecule has 0 atom stereocenters. The molecule has 0 aliphatic carbocycles. The third-order valence-electron chi connectivity index (χ3n) is 5.24. The van der Waals surface area contributed by atoms with Gasteiger partial charge in [-0.1, -0.05) is 42.3 Å². The lowest BCUT2D eigenvalue weighted by Crippen LogP contribution is -2.36. The molecule has 31 heavy (non-hydrogen) atoms. The third-order valence-corrected chi connectivity index (χ3v) is 5.98. The van der Waals surface area contributed by atoms with Crippen molar-refractivity contribution in [1.82, 2.24) is 14.9 Å². The molecule has 0 saturated carbocycles. The van der Waals surface area contributed by atoms with Gasteiger partial charge in [0.1, 0.15) is 0 Å². The maximum atomic E-state index is 12.8. The Morgan fingerprint density at radius 2 is 1.81 bits per heavy atom. The van der Waals surface area contributed by atoms with E-state index < -0.39 is 0 Å². The van der Waals surface area contributed by atoms with Crippen LogP contribution in [0.5, 0.6) is 0 Å². The van der Waals surface area contributed by atoms with Crippen molar-refractivity contribution in [2.75, 3.05) is 11.9 Å². The van der Waals surface area contributed by atoms with Gasteiger partial charge in [0.05, 0.1) is 15.7 Å². The minimum absolute atomic E-state index is 0.128. The Hall–Kier alpha value is -2.96. The number of carbonyl (C=O) groups excluding carboxylic acids is 2. The number of benzene rings is 2. The molecule has 0 spiro atoms. The van der Waals surface area contributed by atoms with E-state index >= 15 is 0 Å². The fourth-order valence-corrected chi connectivity index (χ4v) is 3.73. The Balaban J connectivity index is 1.45. The Morgan fingerprint density at radius 1 is 1.06 bits per heavy atom. The third kappa shape index (κ3) is 4.70. The Labute approximate surface area is 190 Å². The molecule has 0 unspecified atom stereocenters. The van der Waals surface area contributed by atoms with E-state index in [9.17, 15) is 9.59 Å². The van der Waals surface area contributed by atoms with Crippen LogP contribution in [0.1, 0.15) is 44.5 Å². The van der Waals surface area contributed by atoms with Gasteiger partial charge in [0.15, 0.2) is 0 Å². The predicted octanol–water partition coefficient (Wildman–Crippen LogP) is 4.80. The molecule has 0 radical (unpaired) electrons. The molecule has 0 saturated heterocycles. The second kappa shape index (κ2) is 9.04. The van der Waals surface area contributed by atoms with Gasteiger partial charge in [-0.3, -0.25) is 14.9 Å². The molecule has 1 N–H and O–H groups in total. The van der Waals surface area contributed by atoms with E-state index in [1.165, 1.54) is 5.56 Å². The Kier molecular flexibility index (Phi) is 6.20. The number of halogens is 2. The second-order valence-corrected chi connectivity index (χ2v) is 8.09. The quantitative estimate of drug-likeness (QED) is 0.614. The zero-order valence-corrected chi connectivity index (χ0v) is 18.4. The molecule has 0 bridgehead atoms. The number of hydrogen-bond acceptors (Lipinski definition) is 4. The number of hydrogen-bond donors (Lipinski definition) is 1. The molecular weight excluding hydrogens is 435 g/mol. The monoisotopic (exact) mass is 454 g/mol. The summed E-state index contributed by atoms with van der Waals surface area (Å²) in [6, 6.07) is 12.3. The van der Waals surface area contributed by atoms with E-state index in [2.05, 4.69) is 22.2 Å². The lowest BCUT2D eigenvalue weighted by atomic mass is 10.1. The molecule has 1 aliphatic heterocycles. The van der Waals surface area contributed by atoms with Crippen molar-refractivity contribution in [1.29, 1.82) is 0 Å². The normalized spacial score (nSPS) is 12.9. The Bertz CT molecular complexity index is 1150. The first-order chi connectivity index (χ1) is 14.9. The number of amides is 2. The molecule has 1 aliphatic rings. The SMILES string of the molecule is CCc1ccc(C(=O)Nc2ncc3c(n2)CCN(C(=O)c2ccc(Cl)c(Cl)c2)C3)cc1. The van der Waals surface area contributed by atoms with Crippen molar-refractivity contribution in [3.05, 3.63) is 86.7 Å². The second-order valence-electron chi connectivity index (χ2n) is 7.28. The van der Waals surface area contributed by atoms with Crippen LogP contribution in [-0.2, 0) is 19.4 Å². The first kappa shape index (κ1) is 21.3. The summed E-state index contributed by atoms with van der Waals surface area (Å²) in [5.74, 6) is -0.125. The van der Waals surface area contributed by atoms with Gasteiger partial charge in [0.25, 0.3) is 11.8 Å². The van der Waals surface area contributed by atoms with Crippen molar-refractivity contribution in [2.45, 2.75) is 26.3 Å².